The highest BCUT2D eigenvalue weighted by Crippen LogP contribution is 2.27. The van der Waals surface area contributed by atoms with E-state index in [4.69, 9.17) is 4.74 Å². The van der Waals surface area contributed by atoms with E-state index in [0.717, 1.165) is 16.5 Å². The number of para-hydroxylation sites is 1. The Morgan fingerprint density at radius 3 is 2.91 bits per heavy atom. The van der Waals surface area contributed by atoms with Crippen molar-refractivity contribution in [2.75, 3.05) is 6.61 Å². The first kappa shape index (κ1) is 12.8. The lowest BCUT2D eigenvalue weighted by atomic mass is 9.98. The SMILES string of the molecule is O=C1/C(=C/c2ccc3ncccc3c2)COc2ccccc21. The third kappa shape index (κ3) is 2.17. The summed E-state index contributed by atoms with van der Waals surface area (Å²) in [7, 11) is 0. The number of hydrogen-bond acceptors (Lipinski definition) is 3. The van der Waals surface area contributed by atoms with E-state index >= 15 is 0 Å². The zero-order chi connectivity index (χ0) is 14.9. The van der Waals surface area contributed by atoms with Gasteiger partial charge >= 0.3 is 0 Å². The maximum absolute atomic E-state index is 12.5. The number of nitrogens with zero attached hydrogens (tertiary/aromatic N) is 1. The van der Waals surface area contributed by atoms with Crippen LogP contribution in [0.2, 0.25) is 0 Å². The van der Waals surface area contributed by atoms with Gasteiger partial charge in [-0.1, -0.05) is 24.3 Å². The van der Waals surface area contributed by atoms with E-state index in [-0.39, 0.29) is 5.78 Å². The summed E-state index contributed by atoms with van der Waals surface area (Å²) >= 11 is 0. The van der Waals surface area contributed by atoms with Crippen LogP contribution in [0.3, 0.4) is 0 Å². The number of rotatable bonds is 1. The normalized spacial score (nSPS) is 15.6. The van der Waals surface area contributed by atoms with Gasteiger partial charge in [-0.05, 0) is 42.0 Å². The molecule has 0 aliphatic carbocycles. The molecule has 106 valence electrons. The van der Waals surface area contributed by atoms with Gasteiger partial charge in [-0.15, -0.1) is 0 Å². The van der Waals surface area contributed by atoms with Gasteiger partial charge in [0.25, 0.3) is 0 Å². The van der Waals surface area contributed by atoms with Gasteiger partial charge in [0.05, 0.1) is 11.1 Å². The zero-order valence-electron chi connectivity index (χ0n) is 11.8. The van der Waals surface area contributed by atoms with Crippen LogP contribution in [0.5, 0.6) is 5.75 Å². The quantitative estimate of drug-likeness (QED) is 0.637. The molecule has 4 rings (SSSR count). The van der Waals surface area contributed by atoms with E-state index in [1.54, 1.807) is 12.3 Å². The van der Waals surface area contributed by atoms with E-state index in [9.17, 15) is 4.79 Å². The Labute approximate surface area is 127 Å². The Hall–Kier alpha value is -2.94. The number of carbonyl (C=O) groups is 1. The van der Waals surface area contributed by atoms with E-state index in [2.05, 4.69) is 4.98 Å². The molecular formula is C19H13NO2. The van der Waals surface area contributed by atoms with Gasteiger partial charge in [0.1, 0.15) is 12.4 Å². The Morgan fingerprint density at radius 2 is 1.95 bits per heavy atom. The minimum absolute atomic E-state index is 0.0353. The molecule has 2 aromatic carbocycles. The van der Waals surface area contributed by atoms with Gasteiger partial charge in [0.15, 0.2) is 5.78 Å². The first-order chi connectivity index (χ1) is 10.8. The van der Waals surface area contributed by atoms with Gasteiger partial charge in [-0.25, -0.2) is 0 Å². The topological polar surface area (TPSA) is 39.2 Å². The second kappa shape index (κ2) is 5.11. The number of pyridine rings is 1. The highest BCUT2D eigenvalue weighted by atomic mass is 16.5. The van der Waals surface area contributed by atoms with Crippen LogP contribution in [0.15, 0.2) is 66.4 Å². The molecule has 1 aliphatic heterocycles. The van der Waals surface area contributed by atoms with Crippen molar-refractivity contribution in [2.24, 2.45) is 0 Å². The first-order valence-corrected chi connectivity index (χ1v) is 7.13. The number of hydrogen-bond donors (Lipinski definition) is 0. The number of ether oxygens (including phenoxy) is 1. The summed E-state index contributed by atoms with van der Waals surface area (Å²) < 4.78 is 5.66. The molecule has 0 amide bonds. The molecule has 3 aromatic rings. The Balaban J connectivity index is 1.74. The molecule has 22 heavy (non-hydrogen) atoms. The predicted octanol–water partition coefficient (Wildman–Crippen LogP) is 3.89. The van der Waals surface area contributed by atoms with E-state index < -0.39 is 0 Å². The van der Waals surface area contributed by atoms with E-state index in [0.29, 0.717) is 23.5 Å². The molecule has 0 atom stereocenters. The summed E-state index contributed by atoms with van der Waals surface area (Å²) in [6.07, 6.45) is 3.67. The third-order valence-corrected chi connectivity index (χ3v) is 3.77. The highest BCUT2D eigenvalue weighted by Gasteiger charge is 2.22. The summed E-state index contributed by atoms with van der Waals surface area (Å²) in [5, 5.41) is 1.06. The average molecular weight is 287 g/mol. The molecular weight excluding hydrogens is 274 g/mol. The van der Waals surface area contributed by atoms with E-state index in [1.807, 2.05) is 54.6 Å². The van der Waals surface area contributed by atoms with Crippen LogP contribution < -0.4 is 4.74 Å². The lowest BCUT2D eigenvalue weighted by molar-refractivity contribution is 0.100. The summed E-state index contributed by atoms with van der Waals surface area (Å²) in [5.41, 5.74) is 3.22. The van der Waals surface area contributed by atoms with Crippen LogP contribution in [-0.2, 0) is 0 Å². The Bertz CT molecular complexity index is 912. The fourth-order valence-corrected chi connectivity index (χ4v) is 2.67. The standard InChI is InChI=1S/C19H13NO2/c21-19-15(12-22-18-6-2-1-5-16(18)19)11-13-7-8-17-14(10-13)4-3-9-20-17/h1-11H,12H2/b15-11+. The molecule has 0 fully saturated rings. The van der Waals surface area contributed by atoms with Gasteiger partial charge in [0.2, 0.25) is 0 Å². The van der Waals surface area contributed by atoms with Crippen LogP contribution in [0.25, 0.3) is 17.0 Å². The van der Waals surface area contributed by atoms with Crippen molar-refractivity contribution >= 4 is 22.8 Å². The summed E-state index contributed by atoms with van der Waals surface area (Å²) in [5.74, 6) is 0.695. The van der Waals surface area contributed by atoms with Gasteiger partial charge in [0, 0.05) is 17.2 Å². The highest BCUT2D eigenvalue weighted by molar-refractivity contribution is 6.14. The second-order valence-corrected chi connectivity index (χ2v) is 5.24. The number of carbonyl (C=O) groups excluding carboxylic acids is 1. The number of aromatic nitrogens is 1. The van der Waals surface area contributed by atoms with Gasteiger partial charge in [-0.2, -0.15) is 0 Å². The van der Waals surface area contributed by atoms with Crippen molar-refractivity contribution in [1.29, 1.82) is 0 Å². The van der Waals surface area contributed by atoms with Crippen molar-refractivity contribution in [3.8, 4) is 5.75 Å². The van der Waals surface area contributed by atoms with Crippen molar-refractivity contribution in [2.45, 2.75) is 0 Å². The Kier molecular flexibility index (Phi) is 2.97. The third-order valence-electron chi connectivity index (χ3n) is 3.77. The minimum Gasteiger partial charge on any atom is -0.488 e. The lowest BCUT2D eigenvalue weighted by Crippen LogP contribution is -2.18. The molecule has 0 saturated carbocycles. The molecule has 0 bridgehead atoms. The minimum atomic E-state index is 0.0353. The van der Waals surface area contributed by atoms with Crippen molar-refractivity contribution in [1.82, 2.24) is 4.98 Å². The molecule has 3 nitrogen and oxygen atoms in total. The molecule has 0 spiro atoms. The molecule has 0 N–H and O–H groups in total. The number of ketones is 1. The smallest absolute Gasteiger partial charge is 0.196 e. The van der Waals surface area contributed by atoms with Crippen LogP contribution in [0.1, 0.15) is 15.9 Å². The Morgan fingerprint density at radius 1 is 1.05 bits per heavy atom. The van der Waals surface area contributed by atoms with E-state index in [1.165, 1.54) is 0 Å². The van der Waals surface area contributed by atoms with Crippen LogP contribution in [-0.4, -0.2) is 17.4 Å². The molecule has 1 aliphatic rings. The largest absolute Gasteiger partial charge is 0.488 e. The monoisotopic (exact) mass is 287 g/mol. The molecule has 1 aromatic heterocycles. The molecule has 0 unspecified atom stereocenters. The average Bonchev–Trinajstić information content (AvgIpc) is 2.57. The van der Waals surface area contributed by atoms with Crippen LogP contribution in [0, 0.1) is 0 Å². The predicted molar refractivity (Wildman–Crippen MR) is 86.0 cm³/mol. The second-order valence-electron chi connectivity index (χ2n) is 5.24. The maximum atomic E-state index is 12.5. The maximum Gasteiger partial charge on any atom is 0.196 e. The van der Waals surface area contributed by atoms with Crippen molar-refractivity contribution in [3.05, 3.63) is 77.5 Å². The molecule has 3 heteroatoms. The van der Waals surface area contributed by atoms with Gasteiger partial charge < -0.3 is 4.74 Å². The fraction of sp³-hybridized carbons (Fsp3) is 0.0526. The lowest BCUT2D eigenvalue weighted by Gasteiger charge is -2.18. The van der Waals surface area contributed by atoms with Crippen LogP contribution in [0.4, 0.5) is 0 Å². The number of fused-ring (bicyclic) bond motifs is 2. The van der Waals surface area contributed by atoms with Crippen molar-refractivity contribution in [3.63, 3.8) is 0 Å². The first-order valence-electron chi connectivity index (χ1n) is 7.13. The van der Waals surface area contributed by atoms with Gasteiger partial charge in [-0.3, -0.25) is 9.78 Å². The van der Waals surface area contributed by atoms with Crippen molar-refractivity contribution < 1.29 is 9.53 Å². The number of benzene rings is 2. The summed E-state index contributed by atoms with van der Waals surface area (Å²) in [4.78, 5) is 16.8. The zero-order valence-corrected chi connectivity index (χ0v) is 11.8. The summed E-state index contributed by atoms with van der Waals surface area (Å²) in [6, 6.07) is 17.2. The van der Waals surface area contributed by atoms with Crippen LogP contribution >= 0.6 is 0 Å². The number of Topliss-reactive ketones (excluding diaryl/α,β-unsaturated/α-hetero) is 1. The summed E-state index contributed by atoms with van der Waals surface area (Å²) in [6.45, 7) is 0.306. The molecule has 0 radical (unpaired) electrons. The molecule has 0 saturated heterocycles. The molecule has 2 heterocycles. The fourth-order valence-electron chi connectivity index (χ4n) is 2.67.